The van der Waals surface area contributed by atoms with E-state index in [9.17, 15) is 14.9 Å². The Morgan fingerprint density at radius 2 is 2.26 bits per heavy atom. The van der Waals surface area contributed by atoms with Gasteiger partial charge in [-0.25, -0.2) is 4.98 Å². The highest BCUT2D eigenvalue weighted by molar-refractivity contribution is 7.15. The van der Waals surface area contributed by atoms with Crippen LogP contribution in [0.25, 0.3) is 0 Å². The molecule has 9 heteroatoms. The van der Waals surface area contributed by atoms with E-state index in [0.29, 0.717) is 21.6 Å². The molecule has 0 spiro atoms. The molecule has 6 nitrogen and oxygen atoms in total. The van der Waals surface area contributed by atoms with Crippen LogP contribution in [0.15, 0.2) is 24.4 Å². The Hall–Kier alpha value is -1.70. The van der Waals surface area contributed by atoms with E-state index in [-0.39, 0.29) is 12.3 Å². The van der Waals surface area contributed by atoms with Crippen LogP contribution in [-0.4, -0.2) is 21.9 Å². The first-order valence-corrected chi connectivity index (χ1v) is 8.35. The lowest BCUT2D eigenvalue weighted by Crippen LogP contribution is -2.18. The number of aromatic nitrogens is 1. The minimum absolute atomic E-state index is 0.287. The third-order valence-electron chi connectivity index (χ3n) is 3.54. The number of halogens is 2. The quantitative estimate of drug-likeness (QED) is 0.641. The van der Waals surface area contributed by atoms with Crippen LogP contribution in [-0.2, 0) is 11.2 Å². The van der Waals surface area contributed by atoms with Crippen LogP contribution >= 0.6 is 34.5 Å². The molecule has 1 fully saturated rings. The highest BCUT2D eigenvalue weighted by Crippen LogP contribution is 2.35. The summed E-state index contributed by atoms with van der Waals surface area (Å²) < 4.78 is 0. The van der Waals surface area contributed by atoms with Crippen molar-refractivity contribution < 1.29 is 9.72 Å². The highest BCUT2D eigenvalue weighted by atomic mass is 35.5. The van der Waals surface area contributed by atoms with Gasteiger partial charge in [0.25, 0.3) is 0 Å². The molecule has 0 radical (unpaired) electrons. The normalized spacial score (nSPS) is 19.4. The SMILES string of the molecule is O=C(Nc1ncc(Cc2cccc(Cl)c2Cl)s1)[C@@H]1C[C@@H]1[N+](=O)[O-]. The van der Waals surface area contributed by atoms with Crippen LogP contribution in [0.2, 0.25) is 10.0 Å². The van der Waals surface area contributed by atoms with Crippen molar-refractivity contribution in [1.29, 1.82) is 0 Å². The molecule has 1 amide bonds. The minimum atomic E-state index is -0.764. The molecule has 2 aromatic rings. The zero-order valence-electron chi connectivity index (χ0n) is 11.7. The number of carbonyl (C=O) groups excluding carboxylic acids is 1. The third kappa shape index (κ3) is 3.63. The molecule has 1 aliphatic rings. The monoisotopic (exact) mass is 371 g/mol. The number of hydrogen-bond acceptors (Lipinski definition) is 5. The maximum Gasteiger partial charge on any atom is 0.236 e. The van der Waals surface area contributed by atoms with E-state index in [0.717, 1.165) is 10.4 Å². The summed E-state index contributed by atoms with van der Waals surface area (Å²) in [5.74, 6) is -0.909. The summed E-state index contributed by atoms with van der Waals surface area (Å²) in [5.41, 5.74) is 0.872. The van der Waals surface area contributed by atoms with E-state index in [1.165, 1.54) is 11.3 Å². The smallest absolute Gasteiger partial charge is 0.236 e. The van der Waals surface area contributed by atoms with Crippen LogP contribution in [0.3, 0.4) is 0 Å². The van der Waals surface area contributed by atoms with Crippen molar-refractivity contribution in [3.63, 3.8) is 0 Å². The second-order valence-electron chi connectivity index (χ2n) is 5.21. The van der Waals surface area contributed by atoms with Gasteiger partial charge in [0.2, 0.25) is 11.9 Å². The average molecular weight is 372 g/mol. The first kappa shape index (κ1) is 16.2. The van der Waals surface area contributed by atoms with Crippen molar-refractivity contribution in [2.24, 2.45) is 5.92 Å². The van der Waals surface area contributed by atoms with Gasteiger partial charge in [0.1, 0.15) is 5.92 Å². The number of rotatable bonds is 5. The molecule has 0 saturated heterocycles. The maximum atomic E-state index is 11.9. The Bertz CT molecular complexity index is 780. The Labute approximate surface area is 145 Å². The summed E-state index contributed by atoms with van der Waals surface area (Å²) >= 11 is 13.4. The molecule has 1 aromatic carbocycles. The van der Waals surface area contributed by atoms with E-state index < -0.39 is 16.9 Å². The number of benzene rings is 1. The van der Waals surface area contributed by atoms with Crippen LogP contribution in [0, 0.1) is 16.0 Å². The predicted molar refractivity (Wildman–Crippen MR) is 88.9 cm³/mol. The Morgan fingerprint density at radius 1 is 1.48 bits per heavy atom. The van der Waals surface area contributed by atoms with Crippen LogP contribution in [0.5, 0.6) is 0 Å². The van der Waals surface area contributed by atoms with Crippen molar-refractivity contribution in [3.05, 3.63) is 55.0 Å². The lowest BCUT2D eigenvalue weighted by atomic mass is 10.1. The molecule has 23 heavy (non-hydrogen) atoms. The topological polar surface area (TPSA) is 85.1 Å². The lowest BCUT2D eigenvalue weighted by molar-refractivity contribution is -0.497. The lowest BCUT2D eigenvalue weighted by Gasteiger charge is -2.03. The van der Waals surface area contributed by atoms with Crippen molar-refractivity contribution in [3.8, 4) is 0 Å². The van der Waals surface area contributed by atoms with Gasteiger partial charge in [0.05, 0.1) is 10.0 Å². The van der Waals surface area contributed by atoms with Gasteiger partial charge in [-0.05, 0) is 11.6 Å². The van der Waals surface area contributed by atoms with Crippen LogP contribution < -0.4 is 5.32 Å². The Kier molecular flexibility index (Phi) is 4.52. The first-order chi connectivity index (χ1) is 11.0. The molecule has 1 aliphatic carbocycles. The number of amides is 1. The second-order valence-corrected chi connectivity index (χ2v) is 7.11. The summed E-state index contributed by atoms with van der Waals surface area (Å²) in [7, 11) is 0. The number of anilines is 1. The standard InChI is InChI=1S/C14H11Cl2N3O3S/c15-10-3-1-2-7(12(10)16)4-8-6-17-14(23-8)18-13(20)9-5-11(9)19(21)22/h1-3,6,9,11H,4-5H2,(H,17,18,20)/t9-,11+/m1/s1. The van der Waals surface area contributed by atoms with E-state index in [4.69, 9.17) is 23.2 Å². The zero-order chi connectivity index (χ0) is 16.6. The summed E-state index contributed by atoms with van der Waals surface area (Å²) in [6, 6.07) is 4.64. The third-order valence-corrected chi connectivity index (χ3v) is 5.32. The molecule has 0 aliphatic heterocycles. The van der Waals surface area contributed by atoms with Gasteiger partial charge in [-0.15, -0.1) is 11.3 Å². The number of thiazole rings is 1. The van der Waals surface area contributed by atoms with Crippen molar-refractivity contribution in [1.82, 2.24) is 4.98 Å². The highest BCUT2D eigenvalue weighted by Gasteiger charge is 2.53. The fourth-order valence-electron chi connectivity index (χ4n) is 2.21. The van der Waals surface area contributed by atoms with Gasteiger partial charge in [-0.1, -0.05) is 35.3 Å². The van der Waals surface area contributed by atoms with Gasteiger partial charge in [0.15, 0.2) is 5.13 Å². The molecule has 1 heterocycles. The molecular formula is C14H11Cl2N3O3S. The van der Waals surface area contributed by atoms with Crippen molar-refractivity contribution >= 4 is 45.6 Å². The second kappa shape index (κ2) is 6.43. The molecule has 1 N–H and O–H groups in total. The first-order valence-electron chi connectivity index (χ1n) is 6.77. The van der Waals surface area contributed by atoms with Gasteiger partial charge in [-0.3, -0.25) is 14.9 Å². The number of carbonyl (C=O) groups is 1. The fraction of sp³-hybridized carbons (Fsp3) is 0.286. The molecule has 0 bridgehead atoms. The molecule has 1 saturated carbocycles. The molecule has 2 atom stereocenters. The molecule has 120 valence electrons. The number of nitrogens with zero attached hydrogens (tertiary/aromatic N) is 2. The van der Waals surface area contributed by atoms with Gasteiger partial charge >= 0.3 is 0 Å². The Morgan fingerprint density at radius 3 is 2.96 bits per heavy atom. The molecule has 3 rings (SSSR count). The van der Waals surface area contributed by atoms with E-state index in [2.05, 4.69) is 10.3 Å². The van der Waals surface area contributed by atoms with E-state index >= 15 is 0 Å². The summed E-state index contributed by atoms with van der Waals surface area (Å²) in [6.07, 6.45) is 2.48. The van der Waals surface area contributed by atoms with Gasteiger partial charge < -0.3 is 5.32 Å². The van der Waals surface area contributed by atoms with Crippen LogP contribution in [0.1, 0.15) is 16.9 Å². The summed E-state index contributed by atoms with van der Waals surface area (Å²) in [5, 5.41) is 14.6. The molecule has 1 aromatic heterocycles. The van der Waals surface area contributed by atoms with E-state index in [1.807, 2.05) is 12.1 Å². The Balaban J connectivity index is 1.63. The van der Waals surface area contributed by atoms with Crippen LogP contribution in [0.4, 0.5) is 5.13 Å². The predicted octanol–water partition coefficient (Wildman–Crippen LogP) is 3.64. The molecular weight excluding hydrogens is 361 g/mol. The number of nitrogens with one attached hydrogen (secondary N) is 1. The number of nitro groups is 1. The largest absolute Gasteiger partial charge is 0.301 e. The maximum absolute atomic E-state index is 11.9. The molecule has 0 unspecified atom stereocenters. The van der Waals surface area contributed by atoms with Gasteiger partial charge in [0, 0.05) is 28.8 Å². The van der Waals surface area contributed by atoms with Crippen molar-refractivity contribution in [2.75, 3.05) is 5.32 Å². The summed E-state index contributed by atoms with van der Waals surface area (Å²) in [6.45, 7) is 0. The van der Waals surface area contributed by atoms with Crippen molar-refractivity contribution in [2.45, 2.75) is 18.9 Å². The van der Waals surface area contributed by atoms with E-state index in [1.54, 1.807) is 12.3 Å². The number of hydrogen-bond donors (Lipinski definition) is 1. The van der Waals surface area contributed by atoms with Gasteiger partial charge in [-0.2, -0.15) is 0 Å². The minimum Gasteiger partial charge on any atom is -0.301 e. The fourth-order valence-corrected chi connectivity index (χ4v) is 3.44. The zero-order valence-corrected chi connectivity index (χ0v) is 14.0. The average Bonchev–Trinajstić information content (AvgIpc) is 3.20. The summed E-state index contributed by atoms with van der Waals surface area (Å²) in [4.78, 5) is 27.1.